The zero-order valence-electron chi connectivity index (χ0n) is 13.0. The lowest BCUT2D eigenvalue weighted by atomic mass is 10.1. The quantitative estimate of drug-likeness (QED) is 0.893. The van der Waals surface area contributed by atoms with E-state index < -0.39 is 0 Å². The lowest BCUT2D eigenvalue weighted by Gasteiger charge is -2.21. The lowest BCUT2D eigenvalue weighted by molar-refractivity contribution is 0.300. The summed E-state index contributed by atoms with van der Waals surface area (Å²) in [5, 5.41) is 7.64. The minimum Gasteiger partial charge on any atom is -0.488 e. The molecule has 21 heavy (non-hydrogen) atoms. The van der Waals surface area contributed by atoms with Gasteiger partial charge in [0.2, 0.25) is 0 Å². The number of hydrogen-bond donors (Lipinski definition) is 1. The second kappa shape index (κ2) is 6.62. The molecule has 0 radical (unpaired) electrons. The van der Waals surface area contributed by atoms with E-state index in [1.54, 1.807) is 4.68 Å². The van der Waals surface area contributed by atoms with Crippen molar-refractivity contribution >= 4 is 15.9 Å². The number of halogens is 1. The average molecular weight is 352 g/mol. The summed E-state index contributed by atoms with van der Waals surface area (Å²) < 4.78 is 8.78. The Balaban J connectivity index is 2.07. The van der Waals surface area contributed by atoms with E-state index in [-0.39, 0.29) is 5.54 Å². The highest BCUT2D eigenvalue weighted by Crippen LogP contribution is 2.24. The number of benzene rings is 1. The molecule has 0 aliphatic rings. The molecule has 1 N–H and O–H groups in total. The summed E-state index contributed by atoms with van der Waals surface area (Å²) in [6.45, 7) is 7.76. The number of aryl methyl sites for hydroxylation is 1. The van der Waals surface area contributed by atoms with Crippen molar-refractivity contribution in [2.24, 2.45) is 7.05 Å². The van der Waals surface area contributed by atoms with Gasteiger partial charge in [0.1, 0.15) is 12.4 Å². The summed E-state index contributed by atoms with van der Waals surface area (Å²) in [6, 6.07) is 6.09. The van der Waals surface area contributed by atoms with Crippen molar-refractivity contribution in [2.75, 3.05) is 0 Å². The zero-order chi connectivity index (χ0) is 15.5. The Morgan fingerprint density at radius 3 is 2.71 bits per heavy atom. The Kier molecular flexibility index (Phi) is 5.06. The van der Waals surface area contributed by atoms with Gasteiger partial charge in [-0.2, -0.15) is 5.10 Å². The summed E-state index contributed by atoms with van der Waals surface area (Å²) >= 11 is 3.52. The summed E-state index contributed by atoms with van der Waals surface area (Å²) in [7, 11) is 1.90. The second-order valence-corrected chi connectivity index (χ2v) is 7.08. The average Bonchev–Trinajstić information content (AvgIpc) is 2.80. The van der Waals surface area contributed by atoms with Crippen molar-refractivity contribution in [3.05, 3.63) is 46.2 Å². The van der Waals surface area contributed by atoms with Crippen LogP contribution in [0.25, 0.3) is 0 Å². The highest BCUT2D eigenvalue weighted by Gasteiger charge is 2.12. The maximum Gasteiger partial charge on any atom is 0.124 e. The SMILES string of the molecule is Cn1cc(COc2ccc(Br)cc2CNC(C)(C)C)cn1. The van der Waals surface area contributed by atoms with Crippen molar-refractivity contribution in [3.8, 4) is 5.75 Å². The van der Waals surface area contributed by atoms with E-state index in [0.29, 0.717) is 6.61 Å². The van der Waals surface area contributed by atoms with Crippen molar-refractivity contribution in [3.63, 3.8) is 0 Å². The van der Waals surface area contributed by atoms with Crippen LogP contribution in [0.4, 0.5) is 0 Å². The van der Waals surface area contributed by atoms with Crippen LogP contribution in [0, 0.1) is 0 Å². The van der Waals surface area contributed by atoms with Gasteiger partial charge in [-0.15, -0.1) is 0 Å². The minimum atomic E-state index is 0.0724. The van der Waals surface area contributed by atoms with Gasteiger partial charge in [-0.1, -0.05) is 15.9 Å². The highest BCUT2D eigenvalue weighted by atomic mass is 79.9. The fourth-order valence-electron chi connectivity index (χ4n) is 1.89. The van der Waals surface area contributed by atoms with Gasteiger partial charge < -0.3 is 10.1 Å². The smallest absolute Gasteiger partial charge is 0.124 e. The molecule has 0 amide bonds. The first-order chi connectivity index (χ1) is 9.83. The predicted octanol–water partition coefficient (Wildman–Crippen LogP) is 3.65. The number of nitrogens with zero attached hydrogens (tertiary/aromatic N) is 2. The van der Waals surface area contributed by atoms with E-state index in [9.17, 15) is 0 Å². The molecule has 0 saturated heterocycles. The molecule has 0 aliphatic carbocycles. The Hall–Kier alpha value is -1.33. The maximum absolute atomic E-state index is 5.94. The first-order valence-electron chi connectivity index (χ1n) is 6.97. The molecule has 0 atom stereocenters. The molecule has 0 fully saturated rings. The van der Waals surface area contributed by atoms with Crippen LogP contribution < -0.4 is 10.1 Å². The van der Waals surface area contributed by atoms with Gasteiger partial charge >= 0.3 is 0 Å². The third-order valence-electron chi connectivity index (χ3n) is 2.98. The van der Waals surface area contributed by atoms with E-state index in [1.807, 2.05) is 31.6 Å². The standard InChI is InChI=1S/C16H22BrN3O/c1-16(2,3)18-9-13-7-14(17)5-6-15(13)21-11-12-8-19-20(4)10-12/h5-8,10,18H,9,11H2,1-4H3. The van der Waals surface area contributed by atoms with Crippen LogP contribution in [-0.2, 0) is 20.2 Å². The maximum atomic E-state index is 5.94. The first-order valence-corrected chi connectivity index (χ1v) is 7.76. The van der Waals surface area contributed by atoms with Gasteiger partial charge in [0.15, 0.2) is 0 Å². The Bertz CT molecular complexity index is 602. The molecule has 1 aromatic carbocycles. The number of rotatable bonds is 5. The van der Waals surface area contributed by atoms with Gasteiger partial charge in [-0.05, 0) is 39.0 Å². The lowest BCUT2D eigenvalue weighted by Crippen LogP contribution is -2.35. The van der Waals surface area contributed by atoms with E-state index in [2.05, 4.69) is 53.2 Å². The zero-order valence-corrected chi connectivity index (χ0v) is 14.6. The molecule has 114 valence electrons. The molecule has 1 heterocycles. The van der Waals surface area contributed by atoms with E-state index in [0.717, 1.165) is 27.9 Å². The third kappa shape index (κ3) is 5.17. The van der Waals surface area contributed by atoms with Crippen molar-refractivity contribution < 1.29 is 4.74 Å². The number of aromatic nitrogens is 2. The van der Waals surface area contributed by atoms with E-state index >= 15 is 0 Å². The Labute approximate surface area is 134 Å². The van der Waals surface area contributed by atoms with Crippen molar-refractivity contribution in [1.29, 1.82) is 0 Å². The van der Waals surface area contributed by atoms with Gasteiger partial charge in [0.05, 0.1) is 6.20 Å². The van der Waals surface area contributed by atoms with Crippen LogP contribution in [0.15, 0.2) is 35.1 Å². The molecule has 1 aromatic heterocycles. The number of hydrogen-bond acceptors (Lipinski definition) is 3. The monoisotopic (exact) mass is 351 g/mol. The Morgan fingerprint density at radius 2 is 2.10 bits per heavy atom. The Morgan fingerprint density at radius 1 is 1.33 bits per heavy atom. The molecule has 0 aliphatic heterocycles. The largest absolute Gasteiger partial charge is 0.488 e. The molecule has 5 heteroatoms. The summed E-state index contributed by atoms with van der Waals surface area (Å²) in [5.41, 5.74) is 2.28. The molecule has 0 saturated carbocycles. The van der Waals surface area contributed by atoms with Gasteiger partial charge in [-0.3, -0.25) is 4.68 Å². The number of nitrogens with one attached hydrogen (secondary N) is 1. The normalized spacial score (nSPS) is 11.7. The fourth-order valence-corrected chi connectivity index (χ4v) is 2.30. The van der Waals surface area contributed by atoms with Crippen LogP contribution in [-0.4, -0.2) is 15.3 Å². The summed E-state index contributed by atoms with van der Waals surface area (Å²) in [6.07, 6.45) is 3.79. The molecule has 2 rings (SSSR count). The van der Waals surface area contributed by atoms with Crippen LogP contribution in [0.2, 0.25) is 0 Å². The van der Waals surface area contributed by atoms with Gasteiger partial charge in [0, 0.05) is 40.9 Å². The first kappa shape index (κ1) is 16.0. The van der Waals surface area contributed by atoms with Gasteiger partial charge in [0.25, 0.3) is 0 Å². The summed E-state index contributed by atoms with van der Waals surface area (Å²) in [4.78, 5) is 0. The van der Waals surface area contributed by atoms with Crippen LogP contribution in [0.3, 0.4) is 0 Å². The number of ether oxygens (including phenoxy) is 1. The van der Waals surface area contributed by atoms with Crippen LogP contribution >= 0.6 is 15.9 Å². The predicted molar refractivity (Wildman–Crippen MR) is 88.3 cm³/mol. The van der Waals surface area contributed by atoms with E-state index in [1.165, 1.54) is 0 Å². The van der Waals surface area contributed by atoms with Crippen LogP contribution in [0.1, 0.15) is 31.9 Å². The van der Waals surface area contributed by atoms with Crippen molar-refractivity contribution in [1.82, 2.24) is 15.1 Å². The molecular formula is C16H22BrN3O. The molecule has 0 spiro atoms. The van der Waals surface area contributed by atoms with Crippen LogP contribution in [0.5, 0.6) is 5.75 Å². The van der Waals surface area contributed by atoms with Crippen molar-refractivity contribution in [2.45, 2.75) is 39.5 Å². The molecule has 0 bridgehead atoms. The van der Waals surface area contributed by atoms with E-state index in [4.69, 9.17) is 4.74 Å². The second-order valence-electron chi connectivity index (χ2n) is 6.17. The third-order valence-corrected chi connectivity index (χ3v) is 3.48. The minimum absolute atomic E-state index is 0.0724. The molecular weight excluding hydrogens is 330 g/mol. The topological polar surface area (TPSA) is 39.1 Å². The fraction of sp³-hybridized carbons (Fsp3) is 0.438. The highest BCUT2D eigenvalue weighted by molar-refractivity contribution is 9.10. The molecule has 4 nitrogen and oxygen atoms in total. The van der Waals surface area contributed by atoms with Gasteiger partial charge in [-0.25, -0.2) is 0 Å². The summed E-state index contributed by atoms with van der Waals surface area (Å²) in [5.74, 6) is 0.902. The molecule has 2 aromatic rings. The molecule has 0 unspecified atom stereocenters.